The molecule has 1 N–H and O–H groups in total. The maximum atomic E-state index is 11.4. The number of carbonyl (C=O) groups excluding carboxylic acids is 2. The molecule has 0 bridgehead atoms. The molecule has 0 aromatic heterocycles. The van der Waals surface area contributed by atoms with Crippen molar-refractivity contribution in [1.29, 1.82) is 0 Å². The van der Waals surface area contributed by atoms with Crippen LogP contribution in [0.4, 0.5) is 4.79 Å². The van der Waals surface area contributed by atoms with Crippen LogP contribution in [0.15, 0.2) is 12.7 Å². The van der Waals surface area contributed by atoms with E-state index >= 15 is 0 Å². The fourth-order valence-corrected chi connectivity index (χ4v) is 1.11. The van der Waals surface area contributed by atoms with Gasteiger partial charge in [0.1, 0.15) is 5.54 Å². The van der Waals surface area contributed by atoms with Crippen LogP contribution in [0.2, 0.25) is 0 Å². The number of rotatable bonds is 2. The Morgan fingerprint density at radius 2 is 2.25 bits per heavy atom. The van der Waals surface area contributed by atoms with Crippen molar-refractivity contribution in [3.63, 3.8) is 0 Å². The van der Waals surface area contributed by atoms with Crippen LogP contribution in [0.3, 0.4) is 0 Å². The summed E-state index contributed by atoms with van der Waals surface area (Å²) in [6, 6.07) is -0.343. The molecular formula is C8H14N2O2. The van der Waals surface area contributed by atoms with E-state index in [-0.39, 0.29) is 19.9 Å². The predicted octanol–water partition coefficient (Wildman–Crippen LogP) is 0.749. The van der Waals surface area contributed by atoms with Crippen LogP contribution in [-0.2, 0) is 4.79 Å². The Morgan fingerprint density at radius 3 is 2.58 bits per heavy atom. The number of imide groups is 1. The Hall–Kier alpha value is -1.32. The van der Waals surface area contributed by atoms with E-state index in [0.29, 0.717) is 0 Å². The molecule has 1 aliphatic rings. The van der Waals surface area contributed by atoms with Crippen LogP contribution in [0.5, 0.6) is 0 Å². The highest BCUT2D eigenvalue weighted by Crippen LogP contribution is 2.15. The molecule has 0 unspecified atom stereocenters. The summed E-state index contributed by atoms with van der Waals surface area (Å²) >= 11 is 0. The molecule has 68 valence electrons. The quantitative estimate of drug-likeness (QED) is 0.491. The van der Waals surface area contributed by atoms with E-state index in [4.69, 9.17) is 0 Å². The Labute approximate surface area is 72.7 Å². The lowest BCUT2D eigenvalue weighted by molar-refractivity contribution is -0.129. The van der Waals surface area contributed by atoms with Crippen LogP contribution in [0.25, 0.3) is 0 Å². The van der Waals surface area contributed by atoms with Gasteiger partial charge >= 0.3 is 6.03 Å². The molecule has 3 amide bonds. The largest absolute Gasteiger partial charge is 0.325 e. The molecule has 12 heavy (non-hydrogen) atoms. The number of nitrogens with one attached hydrogen (secondary N) is 1. The van der Waals surface area contributed by atoms with E-state index in [1.54, 1.807) is 13.8 Å². The smallest absolute Gasteiger partial charge is 0.324 e. The zero-order valence-corrected chi connectivity index (χ0v) is 7.26. The average Bonchev–Trinajstić information content (AvgIpc) is 2.13. The van der Waals surface area contributed by atoms with E-state index < -0.39 is 5.54 Å². The molecule has 0 aliphatic carbocycles. The standard InChI is InChI=1S/C8H12N2O2.H2/c1-4-5-10-6(11)8(2,3)9-7(10)12;/h4H,1,5H2,2-3H3,(H,9,12);1H. The summed E-state index contributed by atoms with van der Waals surface area (Å²) in [5.74, 6) is -0.201. The Morgan fingerprint density at radius 1 is 1.67 bits per heavy atom. The highest BCUT2D eigenvalue weighted by atomic mass is 16.2. The summed E-state index contributed by atoms with van der Waals surface area (Å²) in [7, 11) is 0. The number of urea groups is 1. The van der Waals surface area contributed by atoms with Gasteiger partial charge in [0, 0.05) is 7.97 Å². The maximum absolute atomic E-state index is 11.4. The van der Waals surface area contributed by atoms with Crippen LogP contribution in [0.1, 0.15) is 15.3 Å². The highest BCUT2D eigenvalue weighted by Gasteiger charge is 2.43. The topological polar surface area (TPSA) is 49.4 Å². The molecule has 4 heteroatoms. The molecule has 0 atom stereocenters. The van der Waals surface area contributed by atoms with Crippen molar-refractivity contribution in [3.8, 4) is 0 Å². The number of amides is 3. The number of hydrogen-bond donors (Lipinski definition) is 1. The Bertz CT molecular complexity index is 251. The lowest BCUT2D eigenvalue weighted by Crippen LogP contribution is -2.40. The summed E-state index contributed by atoms with van der Waals surface area (Å²) < 4.78 is 0. The molecule has 0 spiro atoms. The first-order valence-electron chi connectivity index (χ1n) is 3.74. The lowest BCUT2D eigenvalue weighted by atomic mass is 10.1. The van der Waals surface area contributed by atoms with Crippen molar-refractivity contribution < 1.29 is 11.0 Å². The molecule has 1 fully saturated rings. The average molecular weight is 170 g/mol. The first-order valence-corrected chi connectivity index (χ1v) is 3.74. The molecule has 0 aromatic rings. The highest BCUT2D eigenvalue weighted by molar-refractivity contribution is 6.06. The van der Waals surface area contributed by atoms with Crippen LogP contribution in [-0.4, -0.2) is 28.9 Å². The third-order valence-electron chi connectivity index (χ3n) is 1.76. The second-order valence-corrected chi connectivity index (χ2v) is 3.26. The summed E-state index contributed by atoms with van der Waals surface area (Å²) in [6.07, 6.45) is 1.53. The second-order valence-electron chi connectivity index (χ2n) is 3.26. The van der Waals surface area contributed by atoms with Gasteiger partial charge in [-0.3, -0.25) is 9.69 Å². The summed E-state index contributed by atoms with van der Waals surface area (Å²) in [5, 5.41) is 2.57. The van der Waals surface area contributed by atoms with Crippen molar-refractivity contribution in [2.75, 3.05) is 6.54 Å². The zero-order valence-electron chi connectivity index (χ0n) is 7.26. The first kappa shape index (κ1) is 8.77. The van der Waals surface area contributed by atoms with Crippen molar-refractivity contribution in [3.05, 3.63) is 12.7 Å². The molecule has 1 heterocycles. The molecule has 1 aliphatic heterocycles. The minimum atomic E-state index is -0.764. The monoisotopic (exact) mass is 170 g/mol. The van der Waals surface area contributed by atoms with E-state index in [2.05, 4.69) is 11.9 Å². The first-order chi connectivity index (χ1) is 5.49. The zero-order chi connectivity index (χ0) is 9.35. The van der Waals surface area contributed by atoms with Crippen molar-refractivity contribution in [1.82, 2.24) is 10.2 Å². The van der Waals surface area contributed by atoms with Gasteiger partial charge in [0.25, 0.3) is 5.91 Å². The summed E-state index contributed by atoms with van der Waals surface area (Å²) in [4.78, 5) is 23.7. The SMILES string of the molecule is C=CCN1C(=O)NC(C)(C)C1=O.[HH]. The minimum absolute atomic E-state index is 0. The van der Waals surface area contributed by atoms with Gasteiger partial charge in [-0.15, -0.1) is 6.58 Å². The van der Waals surface area contributed by atoms with Gasteiger partial charge in [-0.1, -0.05) is 6.08 Å². The van der Waals surface area contributed by atoms with Gasteiger partial charge < -0.3 is 5.32 Å². The van der Waals surface area contributed by atoms with Crippen LogP contribution >= 0.6 is 0 Å². The Balaban J connectivity index is 0.00000144. The van der Waals surface area contributed by atoms with Gasteiger partial charge in [0.05, 0.1) is 0 Å². The summed E-state index contributed by atoms with van der Waals surface area (Å²) in [6.45, 7) is 7.09. The molecular weight excluding hydrogens is 156 g/mol. The van der Waals surface area contributed by atoms with E-state index in [0.717, 1.165) is 4.90 Å². The van der Waals surface area contributed by atoms with Gasteiger partial charge in [-0.2, -0.15) is 0 Å². The van der Waals surface area contributed by atoms with Crippen molar-refractivity contribution in [2.24, 2.45) is 0 Å². The van der Waals surface area contributed by atoms with E-state index in [9.17, 15) is 9.59 Å². The van der Waals surface area contributed by atoms with E-state index in [1.807, 2.05) is 0 Å². The number of carbonyl (C=O) groups is 2. The fraction of sp³-hybridized carbons (Fsp3) is 0.500. The molecule has 1 saturated heterocycles. The van der Waals surface area contributed by atoms with Gasteiger partial charge in [-0.25, -0.2) is 4.79 Å². The predicted molar refractivity (Wildman–Crippen MR) is 46.6 cm³/mol. The summed E-state index contributed by atoms with van der Waals surface area (Å²) in [5.41, 5.74) is -0.764. The van der Waals surface area contributed by atoms with Gasteiger partial charge in [-0.05, 0) is 13.8 Å². The minimum Gasteiger partial charge on any atom is -0.324 e. The van der Waals surface area contributed by atoms with Crippen LogP contribution < -0.4 is 5.32 Å². The molecule has 0 saturated carbocycles. The lowest BCUT2D eigenvalue weighted by Gasteiger charge is -2.14. The Kier molecular flexibility index (Phi) is 1.92. The number of hydrogen-bond acceptors (Lipinski definition) is 2. The van der Waals surface area contributed by atoms with Crippen LogP contribution in [0, 0.1) is 0 Å². The fourth-order valence-electron chi connectivity index (χ4n) is 1.11. The normalized spacial score (nSPS) is 21.0. The molecule has 0 radical (unpaired) electrons. The third kappa shape index (κ3) is 1.20. The van der Waals surface area contributed by atoms with Gasteiger partial charge in [0.2, 0.25) is 0 Å². The maximum Gasteiger partial charge on any atom is 0.325 e. The van der Waals surface area contributed by atoms with Crippen molar-refractivity contribution in [2.45, 2.75) is 19.4 Å². The van der Waals surface area contributed by atoms with E-state index in [1.165, 1.54) is 6.08 Å². The number of nitrogens with zero attached hydrogens (tertiary/aromatic N) is 1. The molecule has 4 nitrogen and oxygen atoms in total. The third-order valence-corrected chi connectivity index (χ3v) is 1.76. The van der Waals surface area contributed by atoms with Crippen molar-refractivity contribution >= 4 is 11.9 Å². The second kappa shape index (κ2) is 2.62. The molecule has 0 aromatic carbocycles. The molecule has 1 rings (SSSR count). The van der Waals surface area contributed by atoms with Gasteiger partial charge in [0.15, 0.2) is 0 Å².